The molecular formula is C18H19Cl3N4O4Ru. The molecule has 0 bridgehead atoms. The SMILES string of the molecule is [Cl][Ru][Cl].[O-][Cl+3]([O-])([O-])[O-].c1ccc(C[NH+](Cc2ccccn2)Cc2ccccn2)nc1. The second-order valence-corrected chi connectivity index (χ2v) is 9.07. The van der Waals surface area contributed by atoms with Gasteiger partial charge in [-0.05, 0) is 36.4 Å². The number of nitrogens with one attached hydrogen (secondary N) is 1. The molecule has 0 unspecified atom stereocenters. The van der Waals surface area contributed by atoms with Crippen molar-refractivity contribution < 1.29 is 48.9 Å². The molecule has 12 heteroatoms. The summed E-state index contributed by atoms with van der Waals surface area (Å²) in [5, 5.41) is 0. The normalized spacial score (nSPS) is 10.6. The third-order valence-corrected chi connectivity index (χ3v) is 3.47. The fourth-order valence-electron chi connectivity index (χ4n) is 2.46. The molecule has 3 rings (SSSR count). The quantitative estimate of drug-likeness (QED) is 0.353. The Bertz CT molecular complexity index is 698. The summed E-state index contributed by atoms with van der Waals surface area (Å²) in [6.45, 7) is 2.57. The minimum absolute atomic E-state index is 0.346. The van der Waals surface area contributed by atoms with Gasteiger partial charge in [-0.1, -0.05) is 18.2 Å². The average Bonchev–Trinajstić information content (AvgIpc) is 2.70. The molecule has 30 heavy (non-hydrogen) atoms. The standard InChI is InChI=1S/C18H18N4.ClHO4.2ClH.Ru/c1-4-10-19-16(7-1)13-22(14-17-8-2-5-11-20-17)15-18-9-3-6-12-21-18;2-1(3,4)5;;;/h1-12H,13-15H2;(H,2,3,4,5);2*1H;/q;;;;+2/p-2. The van der Waals surface area contributed by atoms with Gasteiger partial charge in [-0.25, -0.2) is 18.6 Å². The van der Waals surface area contributed by atoms with E-state index >= 15 is 0 Å². The Morgan fingerprint density at radius 2 is 0.933 bits per heavy atom. The molecule has 8 nitrogen and oxygen atoms in total. The molecule has 164 valence electrons. The van der Waals surface area contributed by atoms with Crippen LogP contribution in [-0.2, 0) is 34.8 Å². The summed E-state index contributed by atoms with van der Waals surface area (Å²) < 4.78 is 34.0. The Morgan fingerprint density at radius 3 is 1.13 bits per heavy atom. The zero-order chi connectivity index (χ0) is 22.2. The summed E-state index contributed by atoms with van der Waals surface area (Å²) in [5.41, 5.74) is 3.26. The van der Waals surface area contributed by atoms with E-state index in [1.54, 1.807) is 0 Å². The summed E-state index contributed by atoms with van der Waals surface area (Å²) in [6.07, 6.45) is 5.53. The summed E-state index contributed by atoms with van der Waals surface area (Å²) in [5.74, 6) is 0. The van der Waals surface area contributed by atoms with Gasteiger partial charge in [-0.15, -0.1) is 10.2 Å². The summed E-state index contributed by atoms with van der Waals surface area (Å²) in [4.78, 5) is 14.7. The largest absolute Gasteiger partial charge is 0.320 e. The first kappa shape index (κ1) is 26.8. The van der Waals surface area contributed by atoms with E-state index < -0.39 is 10.2 Å². The van der Waals surface area contributed by atoms with Crippen LogP contribution in [0.3, 0.4) is 0 Å². The number of rotatable bonds is 6. The molecule has 0 radical (unpaired) electrons. The second kappa shape index (κ2) is 15.5. The van der Waals surface area contributed by atoms with Crippen LogP contribution in [0.4, 0.5) is 0 Å². The Labute approximate surface area is 192 Å². The summed E-state index contributed by atoms with van der Waals surface area (Å²) >= 11 is -0.346. The third kappa shape index (κ3) is 14.7. The number of pyridine rings is 3. The molecule has 0 aliphatic rings. The molecule has 3 heterocycles. The van der Waals surface area contributed by atoms with Crippen molar-refractivity contribution >= 4 is 19.4 Å². The summed E-state index contributed by atoms with van der Waals surface area (Å²) in [7, 11) is 4.76. The predicted octanol–water partition coefficient (Wildman–Crippen LogP) is -1.72. The van der Waals surface area contributed by atoms with Crippen LogP contribution in [-0.4, -0.2) is 15.0 Å². The van der Waals surface area contributed by atoms with Crippen LogP contribution in [0.25, 0.3) is 0 Å². The van der Waals surface area contributed by atoms with Crippen molar-refractivity contribution in [2.24, 2.45) is 0 Å². The van der Waals surface area contributed by atoms with E-state index in [0.29, 0.717) is 0 Å². The van der Waals surface area contributed by atoms with Gasteiger partial charge in [-0.2, -0.15) is 0 Å². The fraction of sp³-hybridized carbons (Fsp3) is 0.167. The number of nitrogens with zero attached hydrogens (tertiary/aromatic N) is 3. The number of quaternary nitrogens is 1. The van der Waals surface area contributed by atoms with Gasteiger partial charge < -0.3 is 4.90 Å². The number of aromatic nitrogens is 3. The van der Waals surface area contributed by atoms with Crippen LogP contribution in [0, 0.1) is 10.2 Å². The van der Waals surface area contributed by atoms with Crippen LogP contribution in [0.15, 0.2) is 73.2 Å². The van der Waals surface area contributed by atoms with Crippen molar-refractivity contribution in [1.29, 1.82) is 0 Å². The maximum Gasteiger partial charge on any atom is 0.121 e. The summed E-state index contributed by atoms with van der Waals surface area (Å²) in [6, 6.07) is 18.1. The number of hydrogen-bond acceptors (Lipinski definition) is 7. The Morgan fingerprint density at radius 1 is 0.667 bits per heavy atom. The Hall–Kier alpha value is -1.26. The molecule has 0 aliphatic heterocycles. The second-order valence-electron chi connectivity index (χ2n) is 5.67. The fourth-order valence-corrected chi connectivity index (χ4v) is 2.46. The van der Waals surface area contributed by atoms with E-state index in [0.717, 1.165) is 36.7 Å². The van der Waals surface area contributed by atoms with Gasteiger partial charge in [0.05, 0.1) is 17.1 Å². The van der Waals surface area contributed by atoms with Crippen LogP contribution in [0.1, 0.15) is 17.1 Å². The minimum Gasteiger partial charge on any atom is -0.320 e. The molecule has 0 aliphatic carbocycles. The first-order valence-electron chi connectivity index (χ1n) is 8.32. The molecule has 0 amide bonds. The average molecular weight is 563 g/mol. The van der Waals surface area contributed by atoms with Gasteiger partial charge >= 0.3 is 34.5 Å². The van der Waals surface area contributed by atoms with Gasteiger partial charge in [0.15, 0.2) is 0 Å². The van der Waals surface area contributed by atoms with Gasteiger partial charge in [0.2, 0.25) is 0 Å². The maximum absolute atomic E-state index is 8.49. The molecular weight excluding hydrogens is 544 g/mol. The predicted molar refractivity (Wildman–Crippen MR) is 96.5 cm³/mol. The first-order valence-corrected chi connectivity index (χ1v) is 14.0. The third-order valence-electron chi connectivity index (χ3n) is 3.47. The van der Waals surface area contributed by atoms with Crippen LogP contribution in [0.2, 0.25) is 0 Å². The van der Waals surface area contributed by atoms with Crippen molar-refractivity contribution in [2.75, 3.05) is 0 Å². The molecule has 0 spiro atoms. The van der Waals surface area contributed by atoms with Crippen molar-refractivity contribution in [3.63, 3.8) is 0 Å². The van der Waals surface area contributed by atoms with Gasteiger partial charge in [0.25, 0.3) is 0 Å². The van der Waals surface area contributed by atoms with Crippen molar-refractivity contribution in [2.45, 2.75) is 19.6 Å². The van der Waals surface area contributed by atoms with Gasteiger partial charge in [-0.3, -0.25) is 15.0 Å². The molecule has 0 atom stereocenters. The van der Waals surface area contributed by atoms with Crippen LogP contribution in [0.5, 0.6) is 0 Å². The van der Waals surface area contributed by atoms with E-state index in [1.807, 2.05) is 55.0 Å². The van der Waals surface area contributed by atoms with E-state index in [9.17, 15) is 0 Å². The topological polar surface area (TPSA) is 135 Å². The maximum atomic E-state index is 8.49. The van der Waals surface area contributed by atoms with Gasteiger partial charge in [0, 0.05) is 18.6 Å². The van der Waals surface area contributed by atoms with E-state index in [2.05, 4.69) is 33.2 Å². The number of hydrogen-bond donors (Lipinski definition) is 1. The van der Waals surface area contributed by atoms with Crippen LogP contribution < -0.4 is 23.5 Å². The number of halogens is 3. The zero-order valence-electron chi connectivity index (χ0n) is 15.5. The Kier molecular flexibility index (Phi) is 13.9. The van der Waals surface area contributed by atoms with Crippen LogP contribution >= 0.6 is 19.4 Å². The van der Waals surface area contributed by atoms with E-state index in [4.69, 9.17) is 38.0 Å². The van der Waals surface area contributed by atoms with E-state index in [1.165, 1.54) is 4.90 Å². The molecule has 1 N–H and O–H groups in total. The van der Waals surface area contributed by atoms with Gasteiger partial charge in [0.1, 0.15) is 19.6 Å². The van der Waals surface area contributed by atoms with E-state index in [-0.39, 0.29) is 15.1 Å². The van der Waals surface area contributed by atoms with Crippen molar-refractivity contribution in [1.82, 2.24) is 15.0 Å². The molecule has 3 aromatic rings. The molecule has 0 saturated heterocycles. The molecule has 0 saturated carbocycles. The smallest absolute Gasteiger partial charge is 0.121 e. The monoisotopic (exact) mass is 562 g/mol. The first-order chi connectivity index (χ1) is 14.3. The zero-order valence-corrected chi connectivity index (χ0v) is 19.5. The molecule has 3 aromatic heterocycles. The Balaban J connectivity index is 0.000000485. The van der Waals surface area contributed by atoms with Crippen molar-refractivity contribution in [3.05, 3.63) is 90.3 Å². The van der Waals surface area contributed by atoms with Crippen molar-refractivity contribution in [3.8, 4) is 0 Å². The molecule has 0 fully saturated rings. The minimum atomic E-state index is -4.94. The molecule has 0 aromatic carbocycles.